The largest absolute Gasteiger partial charge is 0.463 e. The number of ether oxygens (including phenoxy) is 1. The normalized spacial score (nSPS) is 12.7. The molecule has 0 radical (unpaired) electrons. The van der Waals surface area contributed by atoms with Crippen LogP contribution in [0.1, 0.15) is 30.6 Å². The number of carbonyl (C=O) groups is 3. The van der Waals surface area contributed by atoms with E-state index >= 15 is 0 Å². The maximum Gasteiger partial charge on any atom is 0.376 e. The molecule has 1 atom stereocenters. The molecule has 0 saturated heterocycles. The number of carbonyl (C=O) groups excluding carboxylic acids is 3. The van der Waals surface area contributed by atoms with E-state index in [9.17, 15) is 14.4 Å². The van der Waals surface area contributed by atoms with E-state index in [4.69, 9.17) is 0 Å². The third kappa shape index (κ3) is 6.64. The number of amides is 1. The van der Waals surface area contributed by atoms with Crippen LogP contribution in [0, 0.1) is 0 Å². The van der Waals surface area contributed by atoms with E-state index in [2.05, 4.69) is 10.1 Å². The highest BCUT2D eigenvalue weighted by molar-refractivity contribution is 6.36. The molecule has 1 N–H and O–H groups in total. The monoisotopic (exact) mass is 417 g/mol. The zero-order valence-corrected chi connectivity index (χ0v) is 18.0. The van der Waals surface area contributed by atoms with Crippen molar-refractivity contribution in [3.05, 3.63) is 96.1 Å². The van der Waals surface area contributed by atoms with Gasteiger partial charge in [0.25, 0.3) is 11.7 Å². The van der Waals surface area contributed by atoms with Crippen LogP contribution in [0.3, 0.4) is 0 Å². The van der Waals surface area contributed by atoms with Crippen LogP contribution in [-0.4, -0.2) is 30.8 Å². The molecule has 31 heavy (non-hydrogen) atoms. The summed E-state index contributed by atoms with van der Waals surface area (Å²) < 4.78 is 4.60. The lowest BCUT2D eigenvalue weighted by atomic mass is 9.97. The standard InChI is InChI=1S/C26H27NO4/c1-4-6-8-13-19(5-2)18-23(24(28)26(30)31-3)27-25(29)22-17-12-11-16-21(22)20-14-9-7-10-15-20/h4-17,23H,18H2,1-3H3,(H,27,29)/b6-4-,13-8-,19-5+/t23-/m0/s1. The molecule has 5 nitrogen and oxygen atoms in total. The summed E-state index contributed by atoms with van der Waals surface area (Å²) in [6, 6.07) is 15.6. The summed E-state index contributed by atoms with van der Waals surface area (Å²) >= 11 is 0. The van der Waals surface area contributed by atoms with Gasteiger partial charge >= 0.3 is 5.97 Å². The van der Waals surface area contributed by atoms with Crippen molar-refractivity contribution in [2.75, 3.05) is 7.11 Å². The van der Waals surface area contributed by atoms with E-state index in [-0.39, 0.29) is 6.42 Å². The van der Waals surface area contributed by atoms with Gasteiger partial charge in [-0.2, -0.15) is 0 Å². The quantitative estimate of drug-likeness (QED) is 0.366. The van der Waals surface area contributed by atoms with Crippen molar-refractivity contribution >= 4 is 17.7 Å². The van der Waals surface area contributed by atoms with Crippen LogP contribution in [0.5, 0.6) is 0 Å². The molecular weight excluding hydrogens is 390 g/mol. The molecule has 0 saturated carbocycles. The molecule has 0 fully saturated rings. The molecule has 0 aliphatic heterocycles. The number of benzene rings is 2. The predicted octanol–water partition coefficient (Wildman–Crippen LogP) is 4.66. The highest BCUT2D eigenvalue weighted by Gasteiger charge is 2.29. The number of rotatable bonds is 9. The average molecular weight is 418 g/mol. The molecule has 2 aromatic carbocycles. The summed E-state index contributed by atoms with van der Waals surface area (Å²) in [5.41, 5.74) is 2.84. The van der Waals surface area contributed by atoms with Crippen molar-refractivity contribution in [3.8, 4) is 11.1 Å². The van der Waals surface area contributed by atoms with Gasteiger partial charge in [0.05, 0.1) is 7.11 Å². The molecule has 2 rings (SSSR count). The van der Waals surface area contributed by atoms with Crippen molar-refractivity contribution < 1.29 is 19.1 Å². The first kappa shape index (κ1) is 23.5. The maximum absolute atomic E-state index is 13.1. The first-order valence-electron chi connectivity index (χ1n) is 10.0. The van der Waals surface area contributed by atoms with Crippen LogP contribution in [0.25, 0.3) is 11.1 Å². The lowest BCUT2D eigenvalue weighted by Crippen LogP contribution is -2.44. The second kappa shape index (κ2) is 12.1. The van der Waals surface area contributed by atoms with E-state index in [1.165, 1.54) is 0 Å². The molecular formula is C26H27NO4. The SMILES string of the molecule is C\C=C/C=C\C(=C/C)C[C@H](NC(=O)c1ccccc1-c1ccccc1)C(=O)C(=O)OC. The number of methoxy groups -OCH3 is 1. The van der Waals surface area contributed by atoms with Gasteiger partial charge in [0, 0.05) is 12.0 Å². The minimum absolute atomic E-state index is 0.164. The van der Waals surface area contributed by atoms with Gasteiger partial charge in [-0.3, -0.25) is 9.59 Å². The minimum atomic E-state index is -1.05. The zero-order valence-electron chi connectivity index (χ0n) is 18.0. The summed E-state index contributed by atoms with van der Waals surface area (Å²) in [4.78, 5) is 37.7. The molecule has 5 heteroatoms. The summed E-state index contributed by atoms with van der Waals surface area (Å²) in [7, 11) is 1.15. The van der Waals surface area contributed by atoms with Gasteiger partial charge in [0.2, 0.25) is 0 Å². The molecule has 160 valence electrons. The Balaban J connectivity index is 2.34. The number of allylic oxidation sites excluding steroid dienone is 5. The molecule has 0 bridgehead atoms. The molecule has 0 unspecified atom stereocenters. The van der Waals surface area contributed by atoms with Crippen molar-refractivity contribution in [2.24, 2.45) is 0 Å². The zero-order chi connectivity index (χ0) is 22.6. The van der Waals surface area contributed by atoms with Gasteiger partial charge in [-0.15, -0.1) is 0 Å². The van der Waals surface area contributed by atoms with Gasteiger partial charge in [0.1, 0.15) is 6.04 Å². The summed E-state index contributed by atoms with van der Waals surface area (Å²) in [5.74, 6) is -2.23. The Morgan fingerprint density at radius 2 is 1.65 bits per heavy atom. The second-order valence-corrected chi connectivity index (χ2v) is 6.75. The molecule has 0 aliphatic carbocycles. The van der Waals surface area contributed by atoms with Gasteiger partial charge in [-0.05, 0) is 36.6 Å². The molecule has 0 spiro atoms. The number of esters is 1. The fourth-order valence-corrected chi connectivity index (χ4v) is 3.05. The van der Waals surface area contributed by atoms with Crippen LogP contribution in [0.2, 0.25) is 0 Å². The number of nitrogens with one attached hydrogen (secondary N) is 1. The third-order valence-electron chi connectivity index (χ3n) is 4.69. The van der Waals surface area contributed by atoms with Gasteiger partial charge < -0.3 is 10.1 Å². The number of hydrogen-bond acceptors (Lipinski definition) is 4. The topological polar surface area (TPSA) is 72.5 Å². The smallest absolute Gasteiger partial charge is 0.376 e. The highest BCUT2D eigenvalue weighted by atomic mass is 16.5. The Labute approximate surface area is 183 Å². The predicted molar refractivity (Wildman–Crippen MR) is 122 cm³/mol. The Hall–Kier alpha value is -3.73. The third-order valence-corrected chi connectivity index (χ3v) is 4.69. The molecule has 0 aromatic heterocycles. The first-order valence-corrected chi connectivity index (χ1v) is 10.0. The summed E-state index contributed by atoms with van der Waals surface area (Å²) in [6.45, 7) is 3.73. The number of ketones is 1. The maximum atomic E-state index is 13.1. The Morgan fingerprint density at radius 1 is 0.968 bits per heavy atom. The Bertz CT molecular complexity index is 1000. The average Bonchev–Trinajstić information content (AvgIpc) is 2.82. The molecule has 0 aliphatic rings. The van der Waals surface area contributed by atoms with Crippen molar-refractivity contribution in [1.82, 2.24) is 5.32 Å². The molecule has 1 amide bonds. The van der Waals surface area contributed by atoms with Crippen molar-refractivity contribution in [1.29, 1.82) is 0 Å². The minimum Gasteiger partial charge on any atom is -0.463 e. The van der Waals surface area contributed by atoms with E-state index in [1.54, 1.807) is 12.1 Å². The molecule has 2 aromatic rings. The van der Waals surface area contributed by atoms with E-state index in [1.807, 2.05) is 86.7 Å². The fourth-order valence-electron chi connectivity index (χ4n) is 3.05. The van der Waals surface area contributed by atoms with Crippen LogP contribution in [0.4, 0.5) is 0 Å². The van der Waals surface area contributed by atoms with E-state index in [0.29, 0.717) is 5.56 Å². The van der Waals surface area contributed by atoms with Crippen LogP contribution in [-0.2, 0) is 14.3 Å². The molecule has 0 heterocycles. The van der Waals surface area contributed by atoms with Gasteiger partial charge in [0.15, 0.2) is 0 Å². The first-order chi connectivity index (χ1) is 15.0. The van der Waals surface area contributed by atoms with Crippen LogP contribution >= 0.6 is 0 Å². The van der Waals surface area contributed by atoms with Gasteiger partial charge in [-0.25, -0.2) is 4.79 Å². The number of hydrogen-bond donors (Lipinski definition) is 1. The van der Waals surface area contributed by atoms with E-state index < -0.39 is 23.7 Å². The van der Waals surface area contributed by atoms with Crippen molar-refractivity contribution in [3.63, 3.8) is 0 Å². The second-order valence-electron chi connectivity index (χ2n) is 6.75. The van der Waals surface area contributed by atoms with E-state index in [0.717, 1.165) is 23.8 Å². The van der Waals surface area contributed by atoms with Crippen LogP contribution < -0.4 is 5.32 Å². The number of Topliss-reactive ketones (excluding diaryl/α,β-unsaturated/α-hetero) is 1. The lowest BCUT2D eigenvalue weighted by molar-refractivity contribution is -0.152. The van der Waals surface area contributed by atoms with Crippen LogP contribution in [0.15, 0.2) is 90.6 Å². The summed E-state index contributed by atoms with van der Waals surface area (Å²) in [5, 5.41) is 2.73. The highest BCUT2D eigenvalue weighted by Crippen LogP contribution is 2.23. The summed E-state index contributed by atoms with van der Waals surface area (Å²) in [6.07, 6.45) is 9.40. The lowest BCUT2D eigenvalue weighted by Gasteiger charge is -2.18. The Kier molecular flexibility index (Phi) is 9.17. The van der Waals surface area contributed by atoms with Gasteiger partial charge in [-0.1, -0.05) is 78.9 Å². The van der Waals surface area contributed by atoms with Crippen molar-refractivity contribution in [2.45, 2.75) is 26.3 Å². The fraction of sp³-hybridized carbons (Fsp3) is 0.192. The Morgan fingerprint density at radius 3 is 2.29 bits per heavy atom.